The lowest BCUT2D eigenvalue weighted by Crippen LogP contribution is -2.24. The summed E-state index contributed by atoms with van der Waals surface area (Å²) < 4.78 is 0. The molecule has 0 atom stereocenters. The molecule has 6 heteroatoms. The zero-order chi connectivity index (χ0) is 21.0. The van der Waals surface area contributed by atoms with Crippen LogP contribution in [-0.4, -0.2) is 33.2 Å². The molecule has 0 bridgehead atoms. The average Bonchev–Trinajstić information content (AvgIpc) is 2.47. The Morgan fingerprint density at radius 1 is 0.556 bits per heavy atom. The largest absolute Gasteiger partial charge is 0.478 e. The highest BCUT2D eigenvalue weighted by atomic mass is 16.4. The molecule has 1 aromatic rings. The van der Waals surface area contributed by atoms with Gasteiger partial charge in [-0.25, -0.2) is 14.4 Å². The van der Waals surface area contributed by atoms with Gasteiger partial charge in [-0.05, 0) is 53.7 Å². The quantitative estimate of drug-likeness (QED) is 0.588. The maximum atomic E-state index is 12.0. The lowest BCUT2D eigenvalue weighted by molar-refractivity contribution is 0.0631. The third-order valence-corrected chi connectivity index (χ3v) is 4.31. The van der Waals surface area contributed by atoms with E-state index < -0.39 is 23.5 Å². The number of hydrogen-bond acceptors (Lipinski definition) is 3. The topological polar surface area (TPSA) is 112 Å². The summed E-state index contributed by atoms with van der Waals surface area (Å²) >= 11 is 0. The van der Waals surface area contributed by atoms with Gasteiger partial charge in [-0.1, -0.05) is 41.5 Å². The molecule has 0 saturated carbocycles. The lowest BCUT2D eigenvalue weighted by atomic mass is 9.78. The highest BCUT2D eigenvalue weighted by molar-refractivity contribution is 6.11. The molecule has 0 amide bonds. The first kappa shape index (κ1) is 22.7. The summed E-state index contributed by atoms with van der Waals surface area (Å²) in [5.74, 6) is -3.95. The van der Waals surface area contributed by atoms with Crippen LogP contribution in [0.1, 0.15) is 89.3 Å². The zero-order valence-electron chi connectivity index (χ0n) is 16.9. The molecule has 27 heavy (non-hydrogen) atoms. The Kier molecular flexibility index (Phi) is 7.57. The highest BCUT2D eigenvalue weighted by Gasteiger charge is 2.33. The summed E-state index contributed by atoms with van der Waals surface area (Å²) in [5.41, 5.74) is 0.253. The van der Waals surface area contributed by atoms with E-state index >= 15 is 0 Å². The molecule has 0 saturated heterocycles. The van der Waals surface area contributed by atoms with Crippen molar-refractivity contribution in [2.45, 2.75) is 60.8 Å². The van der Waals surface area contributed by atoms with Crippen molar-refractivity contribution >= 4 is 17.9 Å². The van der Waals surface area contributed by atoms with Crippen LogP contribution in [-0.2, 0) is 19.3 Å². The summed E-state index contributed by atoms with van der Waals surface area (Å²) in [7, 11) is 0. The number of carboxylic acids is 3. The van der Waals surface area contributed by atoms with Gasteiger partial charge in [0.15, 0.2) is 0 Å². The maximum Gasteiger partial charge on any atom is 0.337 e. The van der Waals surface area contributed by atoms with E-state index in [0.717, 1.165) is 0 Å². The second-order valence-electron chi connectivity index (χ2n) is 8.27. The standard InChI is InChI=1S/C21H30O6/c1-10(2)7-13-14(8-11(3)4)16(19(22)23)18(21(26)27)17(20(24)25)15(13)9-12(5)6/h10-12H,7-9H2,1-6H3,(H,22,23)(H,24,25)(H,26,27). The first-order valence-corrected chi connectivity index (χ1v) is 9.28. The highest BCUT2D eigenvalue weighted by Crippen LogP contribution is 2.34. The van der Waals surface area contributed by atoms with Gasteiger partial charge in [0.25, 0.3) is 0 Å². The first-order valence-electron chi connectivity index (χ1n) is 9.28. The minimum atomic E-state index is -1.52. The number of rotatable bonds is 9. The molecule has 0 unspecified atom stereocenters. The van der Waals surface area contributed by atoms with Gasteiger partial charge in [-0.2, -0.15) is 0 Å². The number of benzene rings is 1. The Hall–Kier alpha value is -2.37. The fraction of sp³-hybridized carbons (Fsp3) is 0.571. The van der Waals surface area contributed by atoms with Gasteiger partial charge in [0.2, 0.25) is 0 Å². The van der Waals surface area contributed by atoms with Crippen molar-refractivity contribution in [2.75, 3.05) is 0 Å². The third-order valence-electron chi connectivity index (χ3n) is 4.31. The molecule has 0 aliphatic rings. The molecule has 6 nitrogen and oxygen atoms in total. The van der Waals surface area contributed by atoms with E-state index in [1.807, 2.05) is 41.5 Å². The normalized spacial score (nSPS) is 11.4. The summed E-state index contributed by atoms with van der Waals surface area (Å²) in [6.45, 7) is 11.7. The van der Waals surface area contributed by atoms with Gasteiger partial charge < -0.3 is 15.3 Å². The second kappa shape index (κ2) is 9.02. The molecule has 3 N–H and O–H groups in total. The van der Waals surface area contributed by atoms with Crippen LogP contribution < -0.4 is 0 Å². The summed E-state index contributed by atoms with van der Waals surface area (Å²) in [6.07, 6.45) is 1.27. The molecular formula is C21H30O6. The fourth-order valence-electron chi connectivity index (χ4n) is 3.52. The van der Waals surface area contributed by atoms with Crippen LogP contribution in [0.15, 0.2) is 0 Å². The average molecular weight is 378 g/mol. The van der Waals surface area contributed by atoms with E-state index in [-0.39, 0.29) is 28.9 Å². The minimum Gasteiger partial charge on any atom is -0.478 e. The number of hydrogen-bond donors (Lipinski definition) is 3. The van der Waals surface area contributed by atoms with Crippen LogP contribution >= 0.6 is 0 Å². The van der Waals surface area contributed by atoms with Gasteiger partial charge in [-0.3, -0.25) is 0 Å². The van der Waals surface area contributed by atoms with Crippen LogP contribution in [0.3, 0.4) is 0 Å². The summed E-state index contributed by atoms with van der Waals surface area (Å²) in [5, 5.41) is 29.3. The van der Waals surface area contributed by atoms with E-state index in [9.17, 15) is 29.7 Å². The van der Waals surface area contributed by atoms with Crippen molar-refractivity contribution < 1.29 is 29.7 Å². The van der Waals surface area contributed by atoms with E-state index in [4.69, 9.17) is 0 Å². The smallest absolute Gasteiger partial charge is 0.337 e. The Morgan fingerprint density at radius 3 is 1.04 bits per heavy atom. The monoisotopic (exact) mass is 378 g/mol. The number of aromatic carboxylic acids is 3. The molecule has 0 fully saturated rings. The summed E-state index contributed by atoms with van der Waals surface area (Å²) in [4.78, 5) is 36.0. The Bertz CT molecular complexity index is 695. The van der Waals surface area contributed by atoms with Crippen molar-refractivity contribution in [1.29, 1.82) is 0 Å². The molecule has 1 aromatic carbocycles. The first-order chi connectivity index (χ1) is 12.4. The van der Waals surface area contributed by atoms with Crippen molar-refractivity contribution in [2.24, 2.45) is 17.8 Å². The molecule has 0 aromatic heterocycles. The molecule has 150 valence electrons. The molecule has 1 rings (SSSR count). The van der Waals surface area contributed by atoms with Crippen molar-refractivity contribution in [3.63, 3.8) is 0 Å². The van der Waals surface area contributed by atoms with Gasteiger partial charge >= 0.3 is 17.9 Å². The molecule has 0 aliphatic carbocycles. The Balaban J connectivity index is 4.19. The lowest BCUT2D eigenvalue weighted by Gasteiger charge is -2.25. The van der Waals surface area contributed by atoms with E-state index in [1.54, 1.807) is 0 Å². The Morgan fingerprint density at radius 2 is 0.815 bits per heavy atom. The second-order valence-corrected chi connectivity index (χ2v) is 8.27. The van der Waals surface area contributed by atoms with Gasteiger partial charge in [0, 0.05) is 0 Å². The van der Waals surface area contributed by atoms with E-state index in [1.165, 1.54) is 0 Å². The van der Waals surface area contributed by atoms with Gasteiger partial charge in [0.05, 0.1) is 16.7 Å². The Labute approximate surface area is 160 Å². The summed E-state index contributed by atoms with van der Waals surface area (Å²) in [6, 6.07) is 0. The molecule has 0 aliphatic heterocycles. The third kappa shape index (κ3) is 5.31. The zero-order valence-corrected chi connectivity index (χ0v) is 16.9. The van der Waals surface area contributed by atoms with E-state index in [0.29, 0.717) is 36.0 Å². The molecule has 0 spiro atoms. The van der Waals surface area contributed by atoms with E-state index in [2.05, 4.69) is 0 Å². The fourth-order valence-corrected chi connectivity index (χ4v) is 3.52. The SMILES string of the molecule is CC(C)Cc1c(CC(C)C)c(C(=O)O)c(C(=O)O)c(C(=O)O)c1CC(C)C. The molecule has 0 heterocycles. The number of carboxylic acid groups (broad SMARTS) is 3. The van der Waals surface area contributed by atoms with Gasteiger partial charge in [-0.15, -0.1) is 0 Å². The number of carbonyl (C=O) groups is 3. The van der Waals surface area contributed by atoms with Crippen molar-refractivity contribution in [3.8, 4) is 0 Å². The van der Waals surface area contributed by atoms with Crippen LogP contribution in [0.4, 0.5) is 0 Å². The predicted molar refractivity (Wildman–Crippen MR) is 103 cm³/mol. The predicted octanol–water partition coefficient (Wildman–Crippen LogP) is 4.38. The van der Waals surface area contributed by atoms with Crippen LogP contribution in [0, 0.1) is 17.8 Å². The molecular weight excluding hydrogens is 348 g/mol. The molecule has 0 radical (unpaired) electrons. The van der Waals surface area contributed by atoms with Crippen molar-refractivity contribution in [3.05, 3.63) is 33.4 Å². The minimum absolute atomic E-state index is 0.0956. The van der Waals surface area contributed by atoms with Crippen LogP contribution in [0.2, 0.25) is 0 Å². The van der Waals surface area contributed by atoms with Crippen molar-refractivity contribution in [1.82, 2.24) is 0 Å². The van der Waals surface area contributed by atoms with Crippen LogP contribution in [0.25, 0.3) is 0 Å². The maximum absolute atomic E-state index is 12.0. The van der Waals surface area contributed by atoms with Crippen LogP contribution in [0.5, 0.6) is 0 Å². The van der Waals surface area contributed by atoms with Gasteiger partial charge in [0.1, 0.15) is 0 Å².